The molecule has 1 aliphatic heterocycles. The largest absolute Gasteiger partial charge is 0.477 e. The second-order valence-electron chi connectivity index (χ2n) is 7.51. The lowest BCUT2D eigenvalue weighted by Gasteiger charge is -2.38. The molecule has 160 valence electrons. The lowest BCUT2D eigenvalue weighted by atomic mass is 9.93. The van der Waals surface area contributed by atoms with Crippen LogP contribution in [0.1, 0.15) is 55.8 Å². The van der Waals surface area contributed by atoms with Crippen LogP contribution < -0.4 is 4.74 Å². The Morgan fingerprint density at radius 3 is 2.59 bits per heavy atom. The average molecular weight is 425 g/mol. The first-order chi connectivity index (χ1) is 13.9. The van der Waals surface area contributed by atoms with Gasteiger partial charge in [-0.3, -0.25) is 4.79 Å². The smallest absolute Gasteiger partial charge is 0.344 e. The fourth-order valence-corrected chi connectivity index (χ4v) is 5.85. The molecule has 1 atom stereocenters. The van der Waals surface area contributed by atoms with Gasteiger partial charge in [-0.1, -0.05) is 19.3 Å². The molecule has 29 heavy (non-hydrogen) atoms. The molecule has 0 aromatic carbocycles. The first-order valence-electron chi connectivity index (χ1n) is 10.2. The van der Waals surface area contributed by atoms with Gasteiger partial charge < -0.3 is 14.4 Å². The molecule has 2 fully saturated rings. The number of carbonyl (C=O) groups excluding carboxylic acids is 2. The van der Waals surface area contributed by atoms with Gasteiger partial charge in [-0.2, -0.15) is 0 Å². The molecule has 2 aliphatic rings. The second kappa shape index (κ2) is 9.56. The maximum Gasteiger partial charge on any atom is 0.344 e. The Morgan fingerprint density at radius 2 is 1.93 bits per heavy atom. The Balaban J connectivity index is 1.69. The first-order valence-corrected chi connectivity index (χ1v) is 12.0. The van der Waals surface area contributed by atoms with Gasteiger partial charge in [0.25, 0.3) is 5.91 Å². The minimum Gasteiger partial charge on any atom is -0.477 e. The fourth-order valence-electron chi connectivity index (χ4n) is 4.14. The van der Waals surface area contributed by atoms with Crippen LogP contribution >= 0.6 is 0 Å². The summed E-state index contributed by atoms with van der Waals surface area (Å²) in [5, 5.41) is 0. The number of amides is 1. The fraction of sp³-hybridized carbons (Fsp3) is 0.650. The summed E-state index contributed by atoms with van der Waals surface area (Å²) in [5.74, 6) is -0.771. The standard InChI is InChI=1S/C20H28N2O6S/c1-2-27-19-17(9-6-11-21-19)20(24)28-13-18(23)22(15-7-4-3-5-8-15)16-10-12-29(25,26)14-16/h6,9,11,15-16H,2-5,7-8,10,12-14H2,1H3. The summed E-state index contributed by atoms with van der Waals surface area (Å²) < 4.78 is 34.5. The van der Waals surface area contributed by atoms with Crippen molar-refractivity contribution in [2.45, 2.75) is 57.5 Å². The predicted molar refractivity (Wildman–Crippen MR) is 106 cm³/mol. The Bertz CT molecular complexity index is 835. The van der Waals surface area contributed by atoms with E-state index in [0.29, 0.717) is 13.0 Å². The van der Waals surface area contributed by atoms with Gasteiger partial charge in [0.05, 0.1) is 18.1 Å². The van der Waals surface area contributed by atoms with Crippen LogP contribution in [0.4, 0.5) is 0 Å². The Morgan fingerprint density at radius 1 is 1.17 bits per heavy atom. The third-order valence-electron chi connectivity index (χ3n) is 5.46. The van der Waals surface area contributed by atoms with Crippen molar-refractivity contribution in [1.82, 2.24) is 9.88 Å². The summed E-state index contributed by atoms with van der Waals surface area (Å²) in [5.41, 5.74) is 0.162. The van der Waals surface area contributed by atoms with Crippen LogP contribution in [0, 0.1) is 0 Å². The molecule has 1 amide bonds. The van der Waals surface area contributed by atoms with E-state index in [1.165, 1.54) is 12.3 Å². The van der Waals surface area contributed by atoms with Gasteiger partial charge >= 0.3 is 5.97 Å². The molecular weight excluding hydrogens is 396 g/mol. The van der Waals surface area contributed by atoms with Crippen molar-refractivity contribution < 1.29 is 27.5 Å². The molecule has 0 spiro atoms. The number of pyridine rings is 1. The average Bonchev–Trinajstić information content (AvgIpc) is 3.07. The van der Waals surface area contributed by atoms with E-state index in [1.54, 1.807) is 17.9 Å². The SMILES string of the molecule is CCOc1ncccc1C(=O)OCC(=O)N(C1CCCCC1)C1CCS(=O)(=O)C1. The lowest BCUT2D eigenvalue weighted by Crippen LogP contribution is -2.50. The van der Waals surface area contributed by atoms with E-state index in [4.69, 9.17) is 9.47 Å². The van der Waals surface area contributed by atoms with E-state index in [0.717, 1.165) is 32.1 Å². The Hall–Kier alpha value is -2.16. The summed E-state index contributed by atoms with van der Waals surface area (Å²) in [7, 11) is -3.13. The van der Waals surface area contributed by atoms with Crippen LogP contribution in [0.3, 0.4) is 0 Å². The summed E-state index contributed by atoms with van der Waals surface area (Å²) in [6.45, 7) is 1.71. The van der Waals surface area contributed by atoms with E-state index in [1.807, 2.05) is 0 Å². The van der Waals surface area contributed by atoms with E-state index < -0.39 is 22.4 Å². The van der Waals surface area contributed by atoms with E-state index >= 15 is 0 Å². The number of hydrogen-bond acceptors (Lipinski definition) is 7. The zero-order valence-corrected chi connectivity index (χ0v) is 17.5. The molecule has 0 radical (unpaired) electrons. The number of rotatable bonds is 7. The topological polar surface area (TPSA) is 103 Å². The number of esters is 1. The molecule has 1 saturated heterocycles. The van der Waals surface area contributed by atoms with E-state index in [2.05, 4.69) is 4.98 Å². The number of sulfone groups is 1. The van der Waals surface area contributed by atoms with Gasteiger partial charge in [0.2, 0.25) is 5.88 Å². The van der Waals surface area contributed by atoms with Crippen LogP contribution in [-0.2, 0) is 19.4 Å². The highest BCUT2D eigenvalue weighted by Gasteiger charge is 2.38. The minimum absolute atomic E-state index is 0.00521. The Labute approximate surface area is 171 Å². The maximum atomic E-state index is 13.0. The van der Waals surface area contributed by atoms with Crippen LogP contribution in [0.15, 0.2) is 18.3 Å². The summed E-state index contributed by atoms with van der Waals surface area (Å²) in [6.07, 6.45) is 6.81. The minimum atomic E-state index is -3.13. The number of carbonyl (C=O) groups is 2. The molecule has 0 bridgehead atoms. The molecule has 1 aromatic rings. The third-order valence-corrected chi connectivity index (χ3v) is 7.21. The van der Waals surface area contributed by atoms with Crippen molar-refractivity contribution in [2.24, 2.45) is 0 Å². The highest BCUT2D eigenvalue weighted by molar-refractivity contribution is 7.91. The van der Waals surface area contributed by atoms with Crippen molar-refractivity contribution >= 4 is 21.7 Å². The molecular formula is C20H28N2O6S. The molecule has 1 unspecified atom stereocenters. The van der Waals surface area contributed by atoms with Crippen LogP contribution in [0.5, 0.6) is 5.88 Å². The van der Waals surface area contributed by atoms with Crippen LogP contribution in [-0.4, -0.2) is 67.0 Å². The monoisotopic (exact) mass is 424 g/mol. The zero-order valence-electron chi connectivity index (χ0n) is 16.7. The maximum absolute atomic E-state index is 13.0. The molecule has 1 aromatic heterocycles. The number of nitrogens with zero attached hydrogens (tertiary/aromatic N) is 2. The van der Waals surface area contributed by atoms with Crippen molar-refractivity contribution in [2.75, 3.05) is 24.7 Å². The van der Waals surface area contributed by atoms with Crippen LogP contribution in [0.25, 0.3) is 0 Å². The second-order valence-corrected chi connectivity index (χ2v) is 9.74. The quantitative estimate of drug-likeness (QED) is 0.617. The molecule has 0 N–H and O–H groups in total. The summed E-state index contributed by atoms with van der Waals surface area (Å²) in [4.78, 5) is 31.2. The van der Waals surface area contributed by atoms with Gasteiger partial charge in [0.1, 0.15) is 5.56 Å². The molecule has 9 heteroatoms. The van der Waals surface area contributed by atoms with Gasteiger partial charge in [-0.05, 0) is 38.3 Å². The molecule has 1 saturated carbocycles. The normalized spacial score (nSPS) is 21.5. The van der Waals surface area contributed by atoms with Gasteiger partial charge in [0, 0.05) is 18.3 Å². The van der Waals surface area contributed by atoms with Gasteiger partial charge in [-0.25, -0.2) is 18.2 Å². The molecule has 2 heterocycles. The van der Waals surface area contributed by atoms with Crippen molar-refractivity contribution in [3.63, 3.8) is 0 Å². The number of ether oxygens (including phenoxy) is 2. The number of hydrogen-bond donors (Lipinski definition) is 0. The first kappa shape index (κ1) is 21.5. The molecule has 1 aliphatic carbocycles. The molecule has 8 nitrogen and oxygen atoms in total. The van der Waals surface area contributed by atoms with Crippen molar-refractivity contribution in [3.05, 3.63) is 23.9 Å². The van der Waals surface area contributed by atoms with E-state index in [9.17, 15) is 18.0 Å². The van der Waals surface area contributed by atoms with Gasteiger partial charge in [-0.15, -0.1) is 0 Å². The molecule has 3 rings (SSSR count). The lowest BCUT2D eigenvalue weighted by molar-refractivity contribution is -0.140. The summed E-state index contributed by atoms with van der Waals surface area (Å²) in [6, 6.07) is 2.80. The zero-order chi connectivity index (χ0) is 20.9. The van der Waals surface area contributed by atoms with Crippen LogP contribution in [0.2, 0.25) is 0 Å². The predicted octanol–water partition coefficient (Wildman–Crippen LogP) is 1.99. The van der Waals surface area contributed by atoms with E-state index in [-0.39, 0.29) is 40.9 Å². The third kappa shape index (κ3) is 5.46. The highest BCUT2D eigenvalue weighted by Crippen LogP contribution is 2.28. The summed E-state index contributed by atoms with van der Waals surface area (Å²) >= 11 is 0. The highest BCUT2D eigenvalue weighted by atomic mass is 32.2. The Kier molecular flexibility index (Phi) is 7.10. The van der Waals surface area contributed by atoms with Crippen molar-refractivity contribution in [1.29, 1.82) is 0 Å². The van der Waals surface area contributed by atoms with Crippen molar-refractivity contribution in [3.8, 4) is 5.88 Å². The van der Waals surface area contributed by atoms with Gasteiger partial charge in [0.15, 0.2) is 16.4 Å². The number of aromatic nitrogens is 1.